The van der Waals surface area contributed by atoms with E-state index in [-0.39, 0.29) is 5.82 Å². The summed E-state index contributed by atoms with van der Waals surface area (Å²) in [4.78, 5) is 0. The van der Waals surface area contributed by atoms with Gasteiger partial charge in [-0.1, -0.05) is 30.3 Å². The molecule has 2 aromatic carbocycles. The van der Waals surface area contributed by atoms with Crippen LogP contribution in [0.5, 0.6) is 0 Å². The van der Waals surface area contributed by atoms with Gasteiger partial charge in [0.1, 0.15) is 11.9 Å². The van der Waals surface area contributed by atoms with Crippen molar-refractivity contribution in [2.45, 2.75) is 38.7 Å². The third-order valence-electron chi connectivity index (χ3n) is 4.14. The minimum absolute atomic E-state index is 0.338. The summed E-state index contributed by atoms with van der Waals surface area (Å²) < 4.78 is 14.0. The number of hydrogen-bond donors (Lipinski definition) is 1. The van der Waals surface area contributed by atoms with E-state index in [0.717, 1.165) is 24.0 Å². The highest BCUT2D eigenvalue weighted by molar-refractivity contribution is 5.39. The predicted octanol–water partition coefficient (Wildman–Crippen LogP) is 4.09. The van der Waals surface area contributed by atoms with Crippen LogP contribution >= 0.6 is 0 Å². The van der Waals surface area contributed by atoms with Crippen molar-refractivity contribution in [3.63, 3.8) is 0 Å². The first-order chi connectivity index (χ1) is 9.65. The van der Waals surface area contributed by atoms with Gasteiger partial charge in [0.15, 0.2) is 0 Å². The summed E-state index contributed by atoms with van der Waals surface area (Å²) in [6.45, 7) is 1.85. The van der Waals surface area contributed by atoms with Crippen LogP contribution in [0.3, 0.4) is 0 Å². The molecule has 0 bridgehead atoms. The molecule has 1 aliphatic carbocycles. The zero-order valence-corrected chi connectivity index (χ0v) is 11.7. The fourth-order valence-electron chi connectivity index (χ4n) is 2.96. The second-order valence-electron chi connectivity index (χ2n) is 5.66. The lowest BCUT2D eigenvalue weighted by molar-refractivity contribution is 0.215. The summed E-state index contributed by atoms with van der Waals surface area (Å²) in [5.74, 6) is -0.338. The van der Waals surface area contributed by atoms with Crippen LogP contribution in [0.15, 0.2) is 36.4 Å². The molecule has 0 radical (unpaired) electrons. The van der Waals surface area contributed by atoms with Crippen LogP contribution in [-0.4, -0.2) is 5.11 Å². The van der Waals surface area contributed by atoms with Crippen molar-refractivity contribution < 1.29 is 9.50 Å². The van der Waals surface area contributed by atoms with Crippen molar-refractivity contribution in [2.24, 2.45) is 0 Å². The largest absolute Gasteiger partial charge is 0.384 e. The van der Waals surface area contributed by atoms with E-state index in [2.05, 4.69) is 6.07 Å². The quantitative estimate of drug-likeness (QED) is 0.871. The van der Waals surface area contributed by atoms with Gasteiger partial charge >= 0.3 is 0 Å². The maximum Gasteiger partial charge on any atom is 0.129 e. The highest BCUT2D eigenvalue weighted by Crippen LogP contribution is 2.29. The van der Waals surface area contributed by atoms with Crippen molar-refractivity contribution in [3.8, 4) is 0 Å². The highest BCUT2D eigenvalue weighted by Gasteiger charge is 2.17. The van der Waals surface area contributed by atoms with Crippen molar-refractivity contribution in [2.75, 3.05) is 0 Å². The van der Waals surface area contributed by atoms with E-state index in [1.165, 1.54) is 30.0 Å². The van der Waals surface area contributed by atoms with Gasteiger partial charge in [0.25, 0.3) is 0 Å². The van der Waals surface area contributed by atoms with E-state index in [4.69, 9.17) is 0 Å². The third kappa shape index (κ3) is 2.48. The lowest BCUT2D eigenvalue weighted by atomic mass is 9.88. The molecule has 0 saturated carbocycles. The number of rotatable bonds is 2. The summed E-state index contributed by atoms with van der Waals surface area (Å²) in [5, 5.41) is 10.4. The molecule has 1 N–H and O–H groups in total. The van der Waals surface area contributed by atoms with Crippen molar-refractivity contribution in [1.82, 2.24) is 0 Å². The van der Waals surface area contributed by atoms with Gasteiger partial charge in [-0.05, 0) is 60.9 Å². The fourth-order valence-corrected chi connectivity index (χ4v) is 2.96. The number of benzene rings is 2. The molecule has 0 fully saturated rings. The van der Waals surface area contributed by atoms with E-state index >= 15 is 0 Å². The van der Waals surface area contributed by atoms with E-state index in [1.807, 2.05) is 25.1 Å². The molecule has 2 aromatic rings. The summed E-state index contributed by atoms with van der Waals surface area (Å²) in [5.41, 5.74) is 4.68. The minimum atomic E-state index is -0.886. The molecular weight excluding hydrogens is 251 g/mol. The summed E-state index contributed by atoms with van der Waals surface area (Å²) in [6, 6.07) is 11.0. The molecule has 0 heterocycles. The Kier molecular flexibility index (Phi) is 3.58. The zero-order chi connectivity index (χ0) is 14.1. The Hall–Kier alpha value is -1.67. The number of aliphatic hydroxyl groups excluding tert-OH is 1. The Morgan fingerprint density at radius 1 is 1.00 bits per heavy atom. The van der Waals surface area contributed by atoms with E-state index in [1.54, 1.807) is 6.07 Å². The molecule has 1 atom stereocenters. The number of hydrogen-bond acceptors (Lipinski definition) is 1. The molecule has 2 heteroatoms. The Balaban J connectivity index is 1.95. The van der Waals surface area contributed by atoms with Gasteiger partial charge in [0.2, 0.25) is 0 Å². The summed E-state index contributed by atoms with van der Waals surface area (Å²) in [6.07, 6.45) is 3.73. The van der Waals surface area contributed by atoms with Crippen LogP contribution in [0.25, 0.3) is 0 Å². The van der Waals surface area contributed by atoms with Crippen LogP contribution < -0.4 is 0 Å². The topological polar surface area (TPSA) is 20.2 Å². The maximum absolute atomic E-state index is 14.0. The summed E-state index contributed by atoms with van der Waals surface area (Å²) in [7, 11) is 0. The number of aliphatic hydroxyl groups is 1. The standard InChI is InChI=1S/C18H19FO/c1-12-6-9-16(17(19)10-12)18(20)15-8-7-13-4-2-3-5-14(13)11-15/h6-11,18,20H,2-5H2,1H3. The second kappa shape index (κ2) is 5.37. The number of aryl methyl sites for hydroxylation is 3. The van der Waals surface area contributed by atoms with Crippen molar-refractivity contribution >= 4 is 0 Å². The van der Waals surface area contributed by atoms with Gasteiger partial charge in [-0.2, -0.15) is 0 Å². The second-order valence-corrected chi connectivity index (χ2v) is 5.66. The van der Waals surface area contributed by atoms with Gasteiger partial charge in [0, 0.05) is 5.56 Å². The Bertz CT molecular complexity index is 633. The molecule has 104 valence electrons. The molecule has 0 amide bonds. The molecule has 1 unspecified atom stereocenters. The van der Waals surface area contributed by atoms with E-state index < -0.39 is 6.10 Å². The molecule has 0 aromatic heterocycles. The van der Waals surface area contributed by atoms with Crippen molar-refractivity contribution in [1.29, 1.82) is 0 Å². The normalized spacial score (nSPS) is 15.8. The zero-order valence-electron chi connectivity index (χ0n) is 11.7. The van der Waals surface area contributed by atoms with Crippen LogP contribution in [0.4, 0.5) is 4.39 Å². The first-order valence-corrected chi connectivity index (χ1v) is 7.21. The molecule has 3 rings (SSSR count). The lowest BCUT2D eigenvalue weighted by Gasteiger charge is -2.19. The predicted molar refractivity (Wildman–Crippen MR) is 78.3 cm³/mol. The average molecular weight is 270 g/mol. The van der Waals surface area contributed by atoms with Gasteiger partial charge in [-0.25, -0.2) is 4.39 Å². The Morgan fingerprint density at radius 3 is 2.50 bits per heavy atom. The number of fused-ring (bicyclic) bond motifs is 1. The maximum atomic E-state index is 14.0. The first-order valence-electron chi connectivity index (χ1n) is 7.21. The fraction of sp³-hybridized carbons (Fsp3) is 0.333. The SMILES string of the molecule is Cc1ccc(C(O)c2ccc3c(c2)CCCC3)c(F)c1. The van der Waals surface area contributed by atoms with Crippen molar-refractivity contribution in [3.05, 3.63) is 70.0 Å². The smallest absolute Gasteiger partial charge is 0.129 e. The molecule has 0 spiro atoms. The van der Waals surface area contributed by atoms with Gasteiger partial charge < -0.3 is 5.11 Å². The van der Waals surface area contributed by atoms with Gasteiger partial charge in [0.05, 0.1) is 0 Å². The lowest BCUT2D eigenvalue weighted by Crippen LogP contribution is -2.07. The van der Waals surface area contributed by atoms with Crippen LogP contribution in [-0.2, 0) is 12.8 Å². The average Bonchev–Trinajstić information content (AvgIpc) is 2.46. The Labute approximate surface area is 119 Å². The van der Waals surface area contributed by atoms with E-state index in [0.29, 0.717) is 5.56 Å². The molecular formula is C18H19FO. The molecule has 0 saturated heterocycles. The van der Waals surface area contributed by atoms with Crippen LogP contribution in [0.2, 0.25) is 0 Å². The highest BCUT2D eigenvalue weighted by atomic mass is 19.1. The molecule has 20 heavy (non-hydrogen) atoms. The van der Waals surface area contributed by atoms with Gasteiger partial charge in [-0.15, -0.1) is 0 Å². The van der Waals surface area contributed by atoms with Gasteiger partial charge in [-0.3, -0.25) is 0 Å². The third-order valence-corrected chi connectivity index (χ3v) is 4.14. The Morgan fingerprint density at radius 2 is 1.75 bits per heavy atom. The van der Waals surface area contributed by atoms with Crippen LogP contribution in [0, 0.1) is 12.7 Å². The molecule has 1 aliphatic rings. The van der Waals surface area contributed by atoms with E-state index in [9.17, 15) is 9.50 Å². The number of halogens is 1. The first kappa shape index (κ1) is 13.3. The van der Waals surface area contributed by atoms with Crippen LogP contribution in [0.1, 0.15) is 46.8 Å². The monoisotopic (exact) mass is 270 g/mol. The minimum Gasteiger partial charge on any atom is -0.384 e. The summed E-state index contributed by atoms with van der Waals surface area (Å²) >= 11 is 0. The molecule has 0 aliphatic heterocycles. The molecule has 1 nitrogen and oxygen atoms in total.